The molecule has 2 rings (SSSR count). The summed E-state index contributed by atoms with van der Waals surface area (Å²) in [5.74, 6) is -0.646. The summed E-state index contributed by atoms with van der Waals surface area (Å²) in [6.45, 7) is 7.64. The summed E-state index contributed by atoms with van der Waals surface area (Å²) >= 11 is 0. The van der Waals surface area contributed by atoms with Crippen LogP contribution in [0.15, 0.2) is 18.5 Å². The van der Waals surface area contributed by atoms with Gasteiger partial charge < -0.3 is 10.4 Å². The lowest BCUT2D eigenvalue weighted by Gasteiger charge is -2.10. The minimum atomic E-state index is -0.992. The van der Waals surface area contributed by atoms with Crippen LogP contribution >= 0.6 is 0 Å². The maximum absolute atomic E-state index is 11.4. The lowest BCUT2D eigenvalue weighted by Crippen LogP contribution is -2.08. The highest BCUT2D eigenvalue weighted by Gasteiger charge is 2.16. The Morgan fingerprint density at radius 3 is 2.65 bits per heavy atom. The fourth-order valence-electron chi connectivity index (χ4n) is 2.02. The third-order valence-electron chi connectivity index (χ3n) is 2.95. The molecule has 2 N–H and O–H groups in total. The molecule has 0 fully saturated rings. The van der Waals surface area contributed by atoms with Gasteiger partial charge in [-0.15, -0.1) is 0 Å². The number of nitrogens with one attached hydrogen (secondary N) is 1. The van der Waals surface area contributed by atoms with Crippen LogP contribution in [0.3, 0.4) is 0 Å². The summed E-state index contributed by atoms with van der Waals surface area (Å²) in [5, 5.41) is 16.6. The Balaban J connectivity index is 2.39. The van der Waals surface area contributed by atoms with Crippen LogP contribution in [0.2, 0.25) is 0 Å². The van der Waals surface area contributed by atoms with Crippen molar-refractivity contribution in [1.29, 1.82) is 0 Å². The average molecular weight is 274 g/mol. The first-order chi connectivity index (χ1) is 9.38. The molecule has 0 aromatic carbocycles. The summed E-state index contributed by atoms with van der Waals surface area (Å²) in [6, 6.07) is 2.00. The molecule has 0 spiro atoms. The smallest absolute Gasteiger partial charge is 0.339 e. The van der Waals surface area contributed by atoms with Crippen molar-refractivity contribution in [3.05, 3.63) is 35.3 Å². The third-order valence-corrected chi connectivity index (χ3v) is 2.95. The van der Waals surface area contributed by atoms with Crippen LogP contribution in [-0.2, 0) is 0 Å². The topological polar surface area (TPSA) is 80.0 Å². The molecule has 0 amide bonds. The predicted octanol–water partition coefficient (Wildman–Crippen LogP) is 2.92. The van der Waals surface area contributed by atoms with E-state index in [9.17, 15) is 9.90 Å². The predicted molar refractivity (Wildman–Crippen MR) is 76.6 cm³/mol. The Hall–Kier alpha value is -2.37. The van der Waals surface area contributed by atoms with Crippen LogP contribution in [0.5, 0.6) is 0 Å². The van der Waals surface area contributed by atoms with Crippen molar-refractivity contribution >= 4 is 17.5 Å². The lowest BCUT2D eigenvalue weighted by atomic mass is 10.1. The van der Waals surface area contributed by atoms with Gasteiger partial charge in [-0.3, -0.25) is 4.68 Å². The first kappa shape index (κ1) is 14.0. The van der Waals surface area contributed by atoms with Crippen molar-refractivity contribution in [3.8, 4) is 0 Å². The van der Waals surface area contributed by atoms with Crippen molar-refractivity contribution in [2.45, 2.75) is 33.7 Å². The van der Waals surface area contributed by atoms with Crippen molar-refractivity contribution in [1.82, 2.24) is 14.8 Å². The standard InChI is InChI=1S/C14H18N4O2/c1-8(2)18-7-11(6-15-18)17-13-12(14(19)20)9(3)5-10(4)16-13/h5-8H,1-4H3,(H,16,17)(H,19,20). The van der Waals surface area contributed by atoms with E-state index in [2.05, 4.69) is 15.4 Å². The van der Waals surface area contributed by atoms with Crippen LogP contribution in [0.4, 0.5) is 11.5 Å². The third kappa shape index (κ3) is 2.79. The molecule has 0 bridgehead atoms. The van der Waals surface area contributed by atoms with E-state index >= 15 is 0 Å². The molecule has 2 aromatic heterocycles. The molecule has 20 heavy (non-hydrogen) atoms. The number of carboxylic acid groups (broad SMARTS) is 1. The Morgan fingerprint density at radius 2 is 2.10 bits per heavy atom. The molecule has 6 heteroatoms. The maximum Gasteiger partial charge on any atom is 0.339 e. The normalized spacial score (nSPS) is 10.8. The molecule has 0 saturated carbocycles. The summed E-state index contributed by atoms with van der Waals surface area (Å²) in [6.07, 6.45) is 3.49. The number of aromatic carboxylic acids is 1. The summed E-state index contributed by atoms with van der Waals surface area (Å²) in [7, 11) is 0. The number of anilines is 2. The number of rotatable bonds is 4. The second-order valence-electron chi connectivity index (χ2n) is 5.04. The monoisotopic (exact) mass is 274 g/mol. The molecular weight excluding hydrogens is 256 g/mol. The minimum absolute atomic E-state index is 0.188. The van der Waals surface area contributed by atoms with Gasteiger partial charge in [0.25, 0.3) is 0 Å². The first-order valence-corrected chi connectivity index (χ1v) is 6.41. The van der Waals surface area contributed by atoms with Crippen LogP contribution in [0.25, 0.3) is 0 Å². The summed E-state index contributed by atoms with van der Waals surface area (Å²) < 4.78 is 1.80. The number of carbonyl (C=O) groups is 1. The fourth-order valence-corrected chi connectivity index (χ4v) is 2.02. The first-order valence-electron chi connectivity index (χ1n) is 6.41. The molecule has 0 unspecified atom stereocenters. The molecule has 0 aliphatic heterocycles. The van der Waals surface area contributed by atoms with Gasteiger partial charge in [-0.05, 0) is 39.3 Å². The van der Waals surface area contributed by atoms with Gasteiger partial charge in [0.15, 0.2) is 0 Å². The van der Waals surface area contributed by atoms with Gasteiger partial charge in [-0.25, -0.2) is 9.78 Å². The average Bonchev–Trinajstić information content (AvgIpc) is 2.75. The van der Waals surface area contributed by atoms with E-state index in [-0.39, 0.29) is 11.6 Å². The highest BCUT2D eigenvalue weighted by Crippen LogP contribution is 2.23. The largest absolute Gasteiger partial charge is 0.478 e. The number of hydrogen-bond donors (Lipinski definition) is 2. The zero-order chi connectivity index (χ0) is 14.9. The molecule has 0 aliphatic rings. The minimum Gasteiger partial charge on any atom is -0.478 e. The van der Waals surface area contributed by atoms with E-state index in [4.69, 9.17) is 0 Å². The Kier molecular flexibility index (Phi) is 3.74. The van der Waals surface area contributed by atoms with Crippen molar-refractivity contribution in [2.24, 2.45) is 0 Å². The van der Waals surface area contributed by atoms with E-state index < -0.39 is 5.97 Å². The van der Waals surface area contributed by atoms with Gasteiger partial charge in [0.1, 0.15) is 11.4 Å². The van der Waals surface area contributed by atoms with E-state index in [0.29, 0.717) is 11.4 Å². The van der Waals surface area contributed by atoms with Gasteiger partial charge in [0.2, 0.25) is 0 Å². The summed E-state index contributed by atoms with van der Waals surface area (Å²) in [5.41, 5.74) is 2.36. The van der Waals surface area contributed by atoms with Gasteiger partial charge in [0.05, 0.1) is 11.9 Å². The Morgan fingerprint density at radius 1 is 1.40 bits per heavy atom. The van der Waals surface area contributed by atoms with E-state index in [1.54, 1.807) is 23.9 Å². The van der Waals surface area contributed by atoms with Crippen molar-refractivity contribution < 1.29 is 9.90 Å². The second kappa shape index (κ2) is 5.32. The van der Waals surface area contributed by atoms with E-state index in [0.717, 1.165) is 11.4 Å². The van der Waals surface area contributed by atoms with Gasteiger partial charge in [0, 0.05) is 17.9 Å². The number of hydrogen-bond acceptors (Lipinski definition) is 4. The Labute approximate surface area is 117 Å². The van der Waals surface area contributed by atoms with Crippen LogP contribution in [0.1, 0.15) is 41.5 Å². The Bertz CT molecular complexity index is 647. The second-order valence-corrected chi connectivity index (χ2v) is 5.04. The highest BCUT2D eigenvalue weighted by atomic mass is 16.4. The molecule has 0 aliphatic carbocycles. The fraction of sp³-hybridized carbons (Fsp3) is 0.357. The lowest BCUT2D eigenvalue weighted by molar-refractivity contribution is 0.0697. The molecule has 106 valence electrons. The number of nitrogens with zero attached hydrogens (tertiary/aromatic N) is 3. The maximum atomic E-state index is 11.4. The van der Waals surface area contributed by atoms with E-state index in [1.807, 2.05) is 27.0 Å². The molecule has 2 heterocycles. The van der Waals surface area contributed by atoms with Gasteiger partial charge in [-0.1, -0.05) is 0 Å². The van der Waals surface area contributed by atoms with Crippen LogP contribution in [0, 0.1) is 13.8 Å². The molecule has 2 aromatic rings. The van der Waals surface area contributed by atoms with Crippen LogP contribution < -0.4 is 5.32 Å². The molecule has 0 atom stereocenters. The SMILES string of the molecule is Cc1cc(C)c(C(=O)O)c(Nc2cnn(C(C)C)c2)n1. The molecule has 0 radical (unpaired) electrons. The quantitative estimate of drug-likeness (QED) is 0.896. The zero-order valence-electron chi connectivity index (χ0n) is 12.0. The molecule has 6 nitrogen and oxygen atoms in total. The van der Waals surface area contributed by atoms with Crippen molar-refractivity contribution in [3.63, 3.8) is 0 Å². The van der Waals surface area contributed by atoms with E-state index in [1.165, 1.54) is 0 Å². The number of aromatic nitrogens is 3. The zero-order valence-corrected chi connectivity index (χ0v) is 12.0. The molecule has 0 saturated heterocycles. The number of aryl methyl sites for hydroxylation is 2. The number of pyridine rings is 1. The van der Waals surface area contributed by atoms with Gasteiger partial charge >= 0.3 is 5.97 Å². The number of carboxylic acids is 1. The highest BCUT2D eigenvalue weighted by molar-refractivity contribution is 5.95. The van der Waals surface area contributed by atoms with Crippen molar-refractivity contribution in [2.75, 3.05) is 5.32 Å². The molecular formula is C14H18N4O2. The summed E-state index contributed by atoms with van der Waals surface area (Å²) in [4.78, 5) is 15.6. The van der Waals surface area contributed by atoms with Crippen LogP contribution in [-0.4, -0.2) is 25.8 Å². The van der Waals surface area contributed by atoms with Gasteiger partial charge in [-0.2, -0.15) is 5.10 Å².